The van der Waals surface area contributed by atoms with Crippen LogP contribution in [0.15, 0.2) is 0 Å². The molecule has 0 saturated heterocycles. The van der Waals surface area contributed by atoms with Crippen LogP contribution in [-0.4, -0.2) is 25.8 Å². The summed E-state index contributed by atoms with van der Waals surface area (Å²) in [5, 5.41) is 0. The predicted molar refractivity (Wildman–Crippen MR) is 67.3 cm³/mol. The molecule has 0 bridgehead atoms. The summed E-state index contributed by atoms with van der Waals surface area (Å²) in [6.07, 6.45) is 0. The fourth-order valence-electron chi connectivity index (χ4n) is 0. The predicted octanol–water partition coefficient (Wildman–Crippen LogP) is 4.61. The van der Waals surface area contributed by atoms with Gasteiger partial charge in [0.25, 0.3) is 0 Å². The molecular weight excluding hydrogens is 259 g/mol. The van der Waals surface area contributed by atoms with E-state index in [1.165, 1.54) is 0 Å². The van der Waals surface area contributed by atoms with Crippen LogP contribution in [0.5, 0.6) is 0 Å². The van der Waals surface area contributed by atoms with Crippen LogP contribution >= 0.6 is 0 Å². The minimum absolute atomic E-state index is 0. The maximum atomic E-state index is 2.17. The van der Waals surface area contributed by atoms with Crippen LogP contribution in [0.3, 0.4) is 0 Å². The smallest absolute Gasteiger partial charge is 0 e. The van der Waals surface area contributed by atoms with Gasteiger partial charge in [0.2, 0.25) is 0 Å². The van der Waals surface area contributed by atoms with Gasteiger partial charge in [-0.25, -0.2) is 0 Å². The van der Waals surface area contributed by atoms with Gasteiger partial charge in [-0.3, -0.25) is 0 Å². The van der Waals surface area contributed by atoms with Crippen molar-refractivity contribution in [1.29, 1.82) is 0 Å². The molecule has 13 heavy (non-hydrogen) atoms. The molecule has 0 aliphatic rings. The van der Waals surface area contributed by atoms with E-state index in [4.69, 9.17) is 0 Å². The van der Waals surface area contributed by atoms with Crippen molar-refractivity contribution >= 4 is 25.8 Å². The summed E-state index contributed by atoms with van der Waals surface area (Å²) in [5.74, 6) is 2.50. The largest absolute Gasteiger partial charge is 0.0630 e. The Labute approximate surface area is 106 Å². The molecular formula is C12H30In. The molecule has 0 atom stereocenters. The molecule has 0 fully saturated rings. The van der Waals surface area contributed by atoms with E-state index in [1.54, 1.807) is 0 Å². The average molecular weight is 289 g/mol. The van der Waals surface area contributed by atoms with Crippen molar-refractivity contribution in [3.8, 4) is 0 Å². The molecule has 0 aromatic rings. The molecule has 0 aliphatic heterocycles. The summed E-state index contributed by atoms with van der Waals surface area (Å²) in [5.41, 5.74) is 0. The Hall–Kier alpha value is 0.870. The van der Waals surface area contributed by atoms with Gasteiger partial charge in [-0.1, -0.05) is 62.3 Å². The Morgan fingerprint density at radius 2 is 0.385 bits per heavy atom. The first kappa shape index (κ1) is 23.6. The Bertz CT molecular complexity index is 33.6. The monoisotopic (exact) mass is 289 g/mol. The van der Waals surface area contributed by atoms with Gasteiger partial charge < -0.3 is 0 Å². The minimum Gasteiger partial charge on any atom is -0.0630 e. The second-order valence-electron chi connectivity index (χ2n) is 5.20. The van der Waals surface area contributed by atoms with Gasteiger partial charge in [0.1, 0.15) is 0 Å². The molecule has 0 aliphatic carbocycles. The summed E-state index contributed by atoms with van der Waals surface area (Å²) >= 11 is 0. The van der Waals surface area contributed by atoms with Crippen molar-refractivity contribution in [3.63, 3.8) is 0 Å². The SMILES string of the molecule is CC(C)C.CC(C)C.CC(C)C.[In]. The average Bonchev–Trinajstić information content (AvgIpc) is 1.54. The van der Waals surface area contributed by atoms with E-state index in [0.29, 0.717) is 0 Å². The van der Waals surface area contributed by atoms with Gasteiger partial charge in [0, 0.05) is 25.8 Å². The topological polar surface area (TPSA) is 0 Å². The van der Waals surface area contributed by atoms with Crippen molar-refractivity contribution in [2.75, 3.05) is 0 Å². The van der Waals surface area contributed by atoms with Crippen molar-refractivity contribution < 1.29 is 0 Å². The normalized spacial score (nSPS) is 8.31. The molecule has 0 saturated carbocycles. The molecule has 0 unspecified atom stereocenters. The Morgan fingerprint density at radius 3 is 0.385 bits per heavy atom. The van der Waals surface area contributed by atoms with Crippen molar-refractivity contribution in [2.24, 2.45) is 17.8 Å². The molecule has 0 nitrogen and oxygen atoms in total. The van der Waals surface area contributed by atoms with E-state index in [-0.39, 0.29) is 25.8 Å². The fraction of sp³-hybridized carbons (Fsp3) is 1.00. The Balaban J connectivity index is -0.0000000450. The van der Waals surface area contributed by atoms with Gasteiger partial charge >= 0.3 is 0 Å². The van der Waals surface area contributed by atoms with Gasteiger partial charge in [-0.05, 0) is 17.8 Å². The molecule has 0 amide bonds. The van der Waals surface area contributed by atoms with Crippen LogP contribution in [0.4, 0.5) is 0 Å². The maximum Gasteiger partial charge on any atom is 0 e. The summed E-state index contributed by atoms with van der Waals surface area (Å²) in [4.78, 5) is 0. The van der Waals surface area contributed by atoms with E-state index in [0.717, 1.165) is 17.8 Å². The van der Waals surface area contributed by atoms with E-state index < -0.39 is 0 Å². The molecule has 0 N–H and O–H groups in total. The third kappa shape index (κ3) is 2010. The molecule has 3 radical (unpaired) electrons. The standard InChI is InChI=1S/3C4H10.In/c3*1-4(2)3;/h3*4H,1-3H3;. The molecule has 0 aromatic carbocycles. The maximum absolute atomic E-state index is 2.17. The summed E-state index contributed by atoms with van der Waals surface area (Å²) in [6.45, 7) is 19.5. The van der Waals surface area contributed by atoms with Crippen LogP contribution in [0.2, 0.25) is 0 Å². The Kier molecular flexibility index (Phi) is 33.8. The number of rotatable bonds is 0. The zero-order valence-electron chi connectivity index (χ0n) is 11.3. The quantitative estimate of drug-likeness (QED) is 0.611. The van der Waals surface area contributed by atoms with Gasteiger partial charge in [0.15, 0.2) is 0 Å². The van der Waals surface area contributed by atoms with Crippen LogP contribution < -0.4 is 0 Å². The van der Waals surface area contributed by atoms with Crippen LogP contribution in [0.1, 0.15) is 62.3 Å². The van der Waals surface area contributed by atoms with Crippen molar-refractivity contribution in [1.82, 2.24) is 0 Å². The molecule has 1 heteroatoms. The van der Waals surface area contributed by atoms with E-state index in [1.807, 2.05) is 0 Å². The summed E-state index contributed by atoms with van der Waals surface area (Å²) < 4.78 is 0. The third-order valence-corrected chi connectivity index (χ3v) is 0. The first-order valence-electron chi connectivity index (χ1n) is 5.20. The zero-order valence-corrected chi connectivity index (χ0v) is 14.6. The van der Waals surface area contributed by atoms with Gasteiger partial charge in [0.05, 0.1) is 0 Å². The van der Waals surface area contributed by atoms with E-state index in [2.05, 4.69) is 62.3 Å². The second kappa shape index (κ2) is 18.6. The van der Waals surface area contributed by atoms with Crippen molar-refractivity contribution in [2.45, 2.75) is 62.3 Å². The summed E-state index contributed by atoms with van der Waals surface area (Å²) in [7, 11) is 0. The third-order valence-electron chi connectivity index (χ3n) is 0. The first-order valence-corrected chi connectivity index (χ1v) is 5.20. The number of hydrogen-bond acceptors (Lipinski definition) is 0. The van der Waals surface area contributed by atoms with Crippen LogP contribution in [-0.2, 0) is 0 Å². The molecule has 0 aromatic heterocycles. The van der Waals surface area contributed by atoms with Crippen LogP contribution in [0, 0.1) is 17.8 Å². The molecule has 81 valence electrons. The first-order chi connectivity index (χ1) is 5.20. The summed E-state index contributed by atoms with van der Waals surface area (Å²) in [6, 6.07) is 0. The fourth-order valence-corrected chi connectivity index (χ4v) is 0. The van der Waals surface area contributed by atoms with E-state index in [9.17, 15) is 0 Å². The Morgan fingerprint density at radius 1 is 0.385 bits per heavy atom. The molecule has 0 spiro atoms. The van der Waals surface area contributed by atoms with Crippen LogP contribution in [0.25, 0.3) is 0 Å². The second-order valence-corrected chi connectivity index (χ2v) is 5.20. The zero-order chi connectivity index (χ0) is 10.7. The number of hydrogen-bond donors (Lipinski definition) is 0. The molecule has 0 heterocycles. The minimum atomic E-state index is 0. The van der Waals surface area contributed by atoms with Gasteiger partial charge in [-0.15, -0.1) is 0 Å². The van der Waals surface area contributed by atoms with Crippen molar-refractivity contribution in [3.05, 3.63) is 0 Å². The van der Waals surface area contributed by atoms with Gasteiger partial charge in [-0.2, -0.15) is 0 Å². The molecule has 0 rings (SSSR count). The van der Waals surface area contributed by atoms with E-state index >= 15 is 0 Å².